The van der Waals surface area contributed by atoms with Crippen LogP contribution in [0.3, 0.4) is 0 Å². The maximum Gasteiger partial charge on any atom is 1.00 e. The van der Waals surface area contributed by atoms with E-state index in [2.05, 4.69) is 6.58 Å². The highest BCUT2D eigenvalue weighted by Gasteiger charge is 2.20. The first-order valence-corrected chi connectivity index (χ1v) is 3.48. The predicted molar refractivity (Wildman–Crippen MR) is 45.2 cm³/mol. The van der Waals surface area contributed by atoms with Crippen molar-refractivity contribution in [2.45, 2.75) is 26.4 Å². The van der Waals surface area contributed by atoms with Gasteiger partial charge in [-0.1, -0.05) is 6.58 Å². The van der Waals surface area contributed by atoms with Gasteiger partial charge in [-0.3, -0.25) is 0 Å². The average molecular weight is 194 g/mol. The summed E-state index contributed by atoms with van der Waals surface area (Å²) in [5.41, 5.74) is 5.16. The molecule has 0 atom stereocenters. The molecule has 0 aromatic heterocycles. The lowest BCUT2D eigenvalue weighted by atomic mass is 10.1. The van der Waals surface area contributed by atoms with Gasteiger partial charge in [0.25, 0.3) is 0 Å². The number of hydrogen-bond acceptors (Lipinski definition) is 3. The van der Waals surface area contributed by atoms with E-state index in [9.17, 15) is 4.79 Å². The summed E-state index contributed by atoms with van der Waals surface area (Å²) < 4.78 is 4.98. The van der Waals surface area contributed by atoms with E-state index in [0.717, 1.165) is 0 Å². The number of carbonyl (C=O) groups excluding carboxylic acids is 1. The van der Waals surface area contributed by atoms with Gasteiger partial charge < -0.3 is 22.9 Å². The van der Waals surface area contributed by atoms with Crippen LogP contribution >= 0.6 is 0 Å². The molecule has 0 aromatic rings. The van der Waals surface area contributed by atoms with Crippen molar-refractivity contribution in [3.63, 3.8) is 0 Å². The molecule has 0 saturated heterocycles. The lowest BCUT2D eigenvalue weighted by Crippen LogP contribution is -3.00. The monoisotopic (exact) mass is 193 g/mol. The van der Waals surface area contributed by atoms with Crippen LogP contribution in [0.15, 0.2) is 12.2 Å². The Balaban J connectivity index is -0.000000500. The largest absolute Gasteiger partial charge is 1.00 e. The van der Waals surface area contributed by atoms with Gasteiger partial charge in [0.2, 0.25) is 0 Å². The van der Waals surface area contributed by atoms with Gasteiger partial charge in [-0.25, -0.2) is 4.79 Å². The maximum atomic E-state index is 10.9. The van der Waals surface area contributed by atoms with Crippen LogP contribution in [0.5, 0.6) is 0 Å². The highest BCUT2D eigenvalue weighted by Crippen LogP contribution is 2.08. The van der Waals surface area contributed by atoms with Crippen molar-refractivity contribution in [1.82, 2.24) is 0 Å². The van der Waals surface area contributed by atoms with Crippen LogP contribution in [0.2, 0.25) is 0 Å². The second-order valence-electron chi connectivity index (χ2n) is 3.13. The average Bonchev–Trinajstić information content (AvgIpc) is 1.87. The Labute approximate surface area is 80.9 Å². The molecule has 12 heavy (non-hydrogen) atoms. The molecule has 0 aliphatic heterocycles. The van der Waals surface area contributed by atoms with Gasteiger partial charge in [-0.15, -0.1) is 0 Å². The molecule has 0 rings (SSSR count). The molecule has 0 saturated carbocycles. The number of hydrogen-bond donors (Lipinski definition) is 1. The summed E-state index contributed by atoms with van der Waals surface area (Å²) in [6.45, 7) is 8.89. The number of carbonyl (C=O) groups is 1. The third-order valence-electron chi connectivity index (χ3n) is 1.21. The van der Waals surface area contributed by atoms with Crippen LogP contribution in [0.25, 0.3) is 0 Å². The minimum absolute atomic E-state index is 0. The van der Waals surface area contributed by atoms with Gasteiger partial charge in [0.05, 0.1) is 0 Å². The lowest BCUT2D eigenvalue weighted by Gasteiger charge is -2.22. The summed E-state index contributed by atoms with van der Waals surface area (Å²) in [4.78, 5) is 10.9. The molecule has 0 radical (unpaired) electrons. The molecule has 0 bridgehead atoms. The maximum absolute atomic E-state index is 10.9. The first kappa shape index (κ1) is 14.0. The van der Waals surface area contributed by atoms with E-state index in [-0.39, 0.29) is 19.8 Å². The molecule has 0 fully saturated rings. The number of rotatable bonds is 3. The Morgan fingerprint density at radius 3 is 2.33 bits per heavy atom. The van der Waals surface area contributed by atoms with E-state index >= 15 is 0 Å². The van der Waals surface area contributed by atoms with E-state index in [0.29, 0.717) is 12.1 Å². The lowest BCUT2D eigenvalue weighted by molar-refractivity contribution is -0.150. The molecule has 0 aliphatic rings. The Kier molecular flexibility index (Phi) is 6.03. The van der Waals surface area contributed by atoms with E-state index in [1.165, 1.54) is 0 Å². The molecule has 0 unspecified atom stereocenters. The smallest absolute Gasteiger partial charge is 1.00 e. The van der Waals surface area contributed by atoms with Crippen molar-refractivity contribution in [1.29, 1.82) is 0 Å². The van der Waals surface area contributed by atoms with Crippen LogP contribution in [-0.4, -0.2) is 18.1 Å². The Hall–Kier alpha value is -0.540. The van der Waals surface area contributed by atoms with E-state index in [1.807, 2.05) is 0 Å². The summed E-state index contributed by atoms with van der Waals surface area (Å²) in [6, 6.07) is 0. The molecule has 72 valence electrons. The van der Waals surface area contributed by atoms with Crippen molar-refractivity contribution in [2.75, 3.05) is 6.54 Å². The zero-order valence-corrected chi connectivity index (χ0v) is 8.44. The Bertz CT molecular complexity index is 183. The summed E-state index contributed by atoms with van der Waals surface area (Å²) in [5.74, 6) is -0.388. The molecular formula is C8H16ClNO2. The molecule has 0 heterocycles. The fourth-order valence-corrected chi connectivity index (χ4v) is 0.380. The molecule has 0 aliphatic carbocycles. The van der Waals surface area contributed by atoms with Gasteiger partial charge in [0.1, 0.15) is 5.60 Å². The van der Waals surface area contributed by atoms with Gasteiger partial charge in [-0.2, -0.15) is 0 Å². The molecule has 2 N–H and O–H groups in total. The minimum atomic E-state index is -0.587. The van der Waals surface area contributed by atoms with Crippen molar-refractivity contribution in [3.8, 4) is 0 Å². The van der Waals surface area contributed by atoms with Gasteiger partial charge >= 0.3 is 7.40 Å². The molecular weight excluding hydrogens is 178 g/mol. The topological polar surface area (TPSA) is 52.3 Å². The summed E-state index contributed by atoms with van der Waals surface area (Å²) >= 11 is 0. The van der Waals surface area contributed by atoms with Crippen molar-refractivity contribution >= 4 is 5.97 Å². The van der Waals surface area contributed by atoms with Crippen molar-refractivity contribution in [2.24, 2.45) is 5.73 Å². The SMILES string of the molecule is C=C(C)C(=O)OC(C)(C)CN.[Cl-].[H+]. The van der Waals surface area contributed by atoms with Crippen LogP contribution in [0.4, 0.5) is 0 Å². The van der Waals surface area contributed by atoms with Crippen LogP contribution in [-0.2, 0) is 9.53 Å². The number of ether oxygens (including phenoxy) is 1. The third kappa shape index (κ3) is 5.16. The number of nitrogens with two attached hydrogens (primary N) is 1. The molecule has 0 amide bonds. The van der Waals surface area contributed by atoms with Crippen LogP contribution < -0.4 is 18.1 Å². The van der Waals surface area contributed by atoms with Crippen molar-refractivity contribution < 1.29 is 23.4 Å². The van der Waals surface area contributed by atoms with Crippen molar-refractivity contribution in [3.05, 3.63) is 12.2 Å². The summed E-state index contributed by atoms with van der Waals surface area (Å²) in [7, 11) is 0. The molecule has 4 heteroatoms. The minimum Gasteiger partial charge on any atom is -1.00 e. The molecule has 0 spiro atoms. The first-order valence-electron chi connectivity index (χ1n) is 3.48. The highest BCUT2D eigenvalue weighted by molar-refractivity contribution is 5.87. The predicted octanol–water partition coefficient (Wildman–Crippen LogP) is -2.04. The molecule has 0 aromatic carbocycles. The van der Waals surface area contributed by atoms with E-state index in [1.54, 1.807) is 20.8 Å². The first-order chi connectivity index (χ1) is 4.89. The molecule has 3 nitrogen and oxygen atoms in total. The van der Waals surface area contributed by atoms with Crippen LogP contribution in [0, 0.1) is 0 Å². The number of halogens is 1. The summed E-state index contributed by atoms with van der Waals surface area (Å²) in [5, 5.41) is 0. The van der Waals surface area contributed by atoms with Gasteiger partial charge in [0.15, 0.2) is 0 Å². The van der Waals surface area contributed by atoms with Crippen LogP contribution in [0.1, 0.15) is 22.2 Å². The fraction of sp³-hybridized carbons (Fsp3) is 0.625. The fourth-order valence-electron chi connectivity index (χ4n) is 0.380. The summed E-state index contributed by atoms with van der Waals surface area (Å²) in [6.07, 6.45) is 0. The van der Waals surface area contributed by atoms with E-state index in [4.69, 9.17) is 10.5 Å². The standard InChI is InChI=1S/C8H15NO2.ClH/c1-6(2)7(10)11-8(3,4)5-9;/h1,5,9H2,2-4H3;1H. The number of esters is 1. The highest BCUT2D eigenvalue weighted by atomic mass is 35.5. The zero-order valence-electron chi connectivity index (χ0n) is 8.69. The zero-order chi connectivity index (χ0) is 9.07. The van der Waals surface area contributed by atoms with Gasteiger partial charge in [-0.05, 0) is 20.8 Å². The quantitative estimate of drug-likeness (QED) is 0.415. The Morgan fingerprint density at radius 2 is 2.08 bits per heavy atom. The Morgan fingerprint density at radius 1 is 1.67 bits per heavy atom. The van der Waals surface area contributed by atoms with E-state index < -0.39 is 5.60 Å². The van der Waals surface area contributed by atoms with Gasteiger partial charge in [0, 0.05) is 12.1 Å². The second-order valence-corrected chi connectivity index (χ2v) is 3.13. The second kappa shape index (κ2) is 5.17. The third-order valence-corrected chi connectivity index (χ3v) is 1.21. The normalized spacial score (nSPS) is 10.0.